The minimum atomic E-state index is -4.38. The highest BCUT2D eigenvalue weighted by Crippen LogP contribution is 2.37. The zero-order chi connectivity index (χ0) is 15.6. The van der Waals surface area contributed by atoms with Gasteiger partial charge in [-0.05, 0) is 47.9 Å². The maximum Gasteiger partial charge on any atom is 0.418 e. The van der Waals surface area contributed by atoms with Gasteiger partial charge < -0.3 is 10.6 Å². The molecule has 0 aliphatic carbocycles. The Bertz CT molecular complexity index is 648. The van der Waals surface area contributed by atoms with E-state index in [1.54, 1.807) is 6.07 Å². The van der Waals surface area contributed by atoms with Gasteiger partial charge in [-0.2, -0.15) is 13.2 Å². The second kappa shape index (κ2) is 5.68. The smallest absolute Gasteiger partial charge is 0.388 e. The van der Waals surface area contributed by atoms with E-state index in [0.717, 1.165) is 16.8 Å². The number of rotatable bonds is 3. The fraction of sp³-hybridized carbons (Fsp3) is 0.250. The number of nitrogens with one attached hydrogen (secondary N) is 2. The van der Waals surface area contributed by atoms with Crippen LogP contribution in [-0.4, -0.2) is 14.1 Å². The lowest BCUT2D eigenvalue weighted by atomic mass is 9.99. The summed E-state index contributed by atoms with van der Waals surface area (Å²) < 4.78 is 39.2. The first-order chi connectivity index (χ1) is 9.86. The van der Waals surface area contributed by atoms with Gasteiger partial charge in [-0.25, -0.2) is 0 Å². The number of hydrogen-bond donors (Lipinski definition) is 2. The van der Waals surface area contributed by atoms with Crippen LogP contribution in [0.3, 0.4) is 0 Å². The number of aryl methyl sites for hydroxylation is 1. The van der Waals surface area contributed by atoms with Crippen molar-refractivity contribution in [1.82, 2.24) is 0 Å². The third-order valence-corrected chi connectivity index (χ3v) is 3.42. The van der Waals surface area contributed by atoms with Gasteiger partial charge in [0.2, 0.25) is 0 Å². The monoisotopic (exact) mass is 294 g/mol. The summed E-state index contributed by atoms with van der Waals surface area (Å²) in [6.45, 7) is 1.92. The van der Waals surface area contributed by atoms with Gasteiger partial charge in [0.1, 0.15) is 0 Å². The van der Waals surface area contributed by atoms with Gasteiger partial charge in [-0.15, -0.1) is 0 Å². The normalized spacial score (nSPS) is 11.3. The zero-order valence-electron chi connectivity index (χ0n) is 12.1. The average molecular weight is 294 g/mol. The van der Waals surface area contributed by atoms with Crippen molar-refractivity contribution < 1.29 is 13.2 Å². The molecule has 0 aliphatic rings. The highest BCUT2D eigenvalue weighted by atomic mass is 19.4. The molecule has 0 fully saturated rings. The van der Waals surface area contributed by atoms with E-state index in [1.165, 1.54) is 19.2 Å². The van der Waals surface area contributed by atoms with Crippen LogP contribution in [0.1, 0.15) is 11.1 Å². The van der Waals surface area contributed by atoms with E-state index in [1.807, 2.05) is 32.2 Å². The van der Waals surface area contributed by atoms with E-state index in [-0.39, 0.29) is 5.69 Å². The second-order valence-electron chi connectivity index (χ2n) is 4.79. The number of anilines is 2. The Labute approximate surface area is 122 Å². The van der Waals surface area contributed by atoms with Crippen LogP contribution in [0.4, 0.5) is 24.5 Å². The number of benzene rings is 2. The van der Waals surface area contributed by atoms with Crippen LogP contribution in [0.25, 0.3) is 11.1 Å². The molecular formula is C16H17F3N2. The van der Waals surface area contributed by atoms with Crippen molar-refractivity contribution in [3.05, 3.63) is 47.5 Å². The summed E-state index contributed by atoms with van der Waals surface area (Å²) in [5, 5.41) is 5.62. The number of alkyl halides is 3. The fourth-order valence-electron chi connectivity index (χ4n) is 2.30. The van der Waals surface area contributed by atoms with Gasteiger partial charge in [0.05, 0.1) is 5.56 Å². The lowest BCUT2D eigenvalue weighted by Crippen LogP contribution is -2.09. The number of hydrogen-bond acceptors (Lipinski definition) is 2. The Hall–Kier alpha value is -2.17. The van der Waals surface area contributed by atoms with E-state index in [0.29, 0.717) is 5.56 Å². The van der Waals surface area contributed by atoms with E-state index in [9.17, 15) is 13.2 Å². The summed E-state index contributed by atoms with van der Waals surface area (Å²) in [7, 11) is 3.29. The zero-order valence-corrected chi connectivity index (χ0v) is 12.1. The Morgan fingerprint density at radius 3 is 1.81 bits per heavy atom. The van der Waals surface area contributed by atoms with Crippen LogP contribution in [0.15, 0.2) is 36.4 Å². The van der Waals surface area contributed by atoms with Gasteiger partial charge in [-0.3, -0.25) is 0 Å². The Balaban J connectivity index is 2.52. The van der Waals surface area contributed by atoms with Crippen molar-refractivity contribution in [3.8, 4) is 11.1 Å². The SMILES string of the molecule is CNc1ccc(-c2ccc(NC)c(C(F)(F)F)c2)cc1C. The van der Waals surface area contributed by atoms with Crippen molar-refractivity contribution in [3.63, 3.8) is 0 Å². The molecule has 2 aromatic rings. The topological polar surface area (TPSA) is 24.1 Å². The van der Waals surface area contributed by atoms with E-state index in [2.05, 4.69) is 10.6 Å². The van der Waals surface area contributed by atoms with Crippen LogP contribution < -0.4 is 10.6 Å². The third-order valence-electron chi connectivity index (χ3n) is 3.42. The molecular weight excluding hydrogens is 277 g/mol. The predicted octanol–water partition coefficient (Wildman–Crippen LogP) is 4.76. The highest BCUT2D eigenvalue weighted by Gasteiger charge is 2.33. The molecule has 21 heavy (non-hydrogen) atoms. The molecule has 112 valence electrons. The van der Waals surface area contributed by atoms with Crippen molar-refractivity contribution in [2.75, 3.05) is 24.7 Å². The minimum Gasteiger partial charge on any atom is -0.388 e. The first-order valence-electron chi connectivity index (χ1n) is 6.54. The summed E-state index contributed by atoms with van der Waals surface area (Å²) in [4.78, 5) is 0. The highest BCUT2D eigenvalue weighted by molar-refractivity contribution is 5.72. The molecule has 2 nitrogen and oxygen atoms in total. The van der Waals surface area contributed by atoms with Gasteiger partial charge in [0.25, 0.3) is 0 Å². The van der Waals surface area contributed by atoms with Crippen LogP contribution >= 0.6 is 0 Å². The maximum absolute atomic E-state index is 13.1. The molecule has 0 heterocycles. The molecule has 0 spiro atoms. The van der Waals surface area contributed by atoms with Crippen molar-refractivity contribution in [2.24, 2.45) is 0 Å². The van der Waals surface area contributed by atoms with Gasteiger partial charge >= 0.3 is 6.18 Å². The average Bonchev–Trinajstić information content (AvgIpc) is 2.45. The third kappa shape index (κ3) is 3.12. The van der Waals surface area contributed by atoms with E-state index >= 15 is 0 Å². The molecule has 2 rings (SSSR count). The fourth-order valence-corrected chi connectivity index (χ4v) is 2.30. The molecule has 0 unspecified atom stereocenters. The van der Waals surface area contributed by atoms with Crippen LogP contribution in [0.2, 0.25) is 0 Å². The predicted molar refractivity (Wildman–Crippen MR) is 80.7 cm³/mol. The lowest BCUT2D eigenvalue weighted by Gasteiger charge is -2.15. The van der Waals surface area contributed by atoms with Crippen molar-refractivity contribution in [2.45, 2.75) is 13.1 Å². The maximum atomic E-state index is 13.1. The van der Waals surface area contributed by atoms with Gasteiger partial charge in [-0.1, -0.05) is 12.1 Å². The standard InChI is InChI=1S/C16H17F3N2/c1-10-8-11(4-6-14(10)20-2)12-5-7-15(21-3)13(9-12)16(17,18)19/h4-9,20-21H,1-3H3. The molecule has 0 atom stereocenters. The quantitative estimate of drug-likeness (QED) is 0.852. The van der Waals surface area contributed by atoms with E-state index in [4.69, 9.17) is 0 Å². The molecule has 0 amide bonds. The van der Waals surface area contributed by atoms with Crippen molar-refractivity contribution >= 4 is 11.4 Å². The number of halogens is 3. The summed E-state index contributed by atoms with van der Waals surface area (Å²) in [5.74, 6) is 0. The Kier molecular flexibility index (Phi) is 4.11. The largest absolute Gasteiger partial charge is 0.418 e. The van der Waals surface area contributed by atoms with E-state index < -0.39 is 11.7 Å². The molecule has 0 aromatic heterocycles. The summed E-state index contributed by atoms with van der Waals surface area (Å²) >= 11 is 0. The van der Waals surface area contributed by atoms with Crippen LogP contribution in [0, 0.1) is 6.92 Å². The summed E-state index contributed by atoms with van der Waals surface area (Å²) in [5.41, 5.74) is 2.68. The van der Waals surface area contributed by atoms with Gasteiger partial charge in [0, 0.05) is 25.5 Å². The van der Waals surface area contributed by atoms with Crippen LogP contribution in [0.5, 0.6) is 0 Å². The Morgan fingerprint density at radius 2 is 1.33 bits per heavy atom. The molecule has 5 heteroatoms. The molecule has 0 saturated carbocycles. The molecule has 0 bridgehead atoms. The molecule has 0 radical (unpaired) electrons. The first kappa shape index (κ1) is 15.2. The minimum absolute atomic E-state index is 0.0785. The lowest BCUT2D eigenvalue weighted by molar-refractivity contribution is -0.136. The Morgan fingerprint density at radius 1 is 0.810 bits per heavy atom. The second-order valence-corrected chi connectivity index (χ2v) is 4.79. The molecule has 0 saturated heterocycles. The molecule has 0 aliphatic heterocycles. The van der Waals surface area contributed by atoms with Crippen LogP contribution in [-0.2, 0) is 6.18 Å². The molecule has 2 N–H and O–H groups in total. The first-order valence-corrected chi connectivity index (χ1v) is 6.54. The van der Waals surface area contributed by atoms with Gasteiger partial charge in [0.15, 0.2) is 0 Å². The summed E-state index contributed by atoms with van der Waals surface area (Å²) in [6, 6.07) is 9.88. The van der Waals surface area contributed by atoms with Crippen molar-refractivity contribution in [1.29, 1.82) is 0 Å². The summed E-state index contributed by atoms with van der Waals surface area (Å²) in [6.07, 6.45) is -4.38. The molecule has 2 aromatic carbocycles.